The van der Waals surface area contributed by atoms with Crippen molar-refractivity contribution in [3.63, 3.8) is 0 Å². The van der Waals surface area contributed by atoms with E-state index >= 15 is 0 Å². The van der Waals surface area contributed by atoms with Gasteiger partial charge in [-0.15, -0.1) is 24.8 Å². The third-order valence-electron chi connectivity index (χ3n) is 4.05. The van der Waals surface area contributed by atoms with E-state index in [0.29, 0.717) is 31.2 Å². The highest BCUT2D eigenvalue weighted by Gasteiger charge is 2.14. The van der Waals surface area contributed by atoms with Crippen LogP contribution in [0, 0.1) is 0 Å². The third-order valence-corrected chi connectivity index (χ3v) is 4.05. The van der Waals surface area contributed by atoms with Crippen LogP contribution >= 0.6 is 24.8 Å². The van der Waals surface area contributed by atoms with Gasteiger partial charge in [0.05, 0.1) is 18.9 Å². The average Bonchev–Trinajstić information content (AvgIpc) is 3.21. The molecule has 0 aliphatic rings. The number of nitrogens with one attached hydrogen (secondary N) is 2. The van der Waals surface area contributed by atoms with E-state index in [1.807, 2.05) is 55.5 Å². The van der Waals surface area contributed by atoms with Crippen molar-refractivity contribution in [2.24, 2.45) is 0 Å². The second kappa shape index (κ2) is 14.6. The third kappa shape index (κ3) is 7.97. The van der Waals surface area contributed by atoms with E-state index < -0.39 is 0 Å². The first-order valence-electron chi connectivity index (χ1n) is 9.61. The lowest BCUT2D eigenvalue weighted by Crippen LogP contribution is -2.28. The zero-order chi connectivity index (χ0) is 20.3. The van der Waals surface area contributed by atoms with Gasteiger partial charge in [-0.3, -0.25) is 0 Å². The predicted octanol–water partition coefficient (Wildman–Crippen LogP) is 2.37. The van der Waals surface area contributed by atoms with Crippen LogP contribution in [-0.2, 0) is 6.54 Å². The molecule has 3 aromatic rings. The lowest BCUT2D eigenvalue weighted by atomic mass is 10.2. The van der Waals surface area contributed by atoms with Crippen LogP contribution in [0.15, 0.2) is 48.5 Å². The van der Waals surface area contributed by atoms with Crippen molar-refractivity contribution in [2.45, 2.75) is 13.5 Å². The minimum absolute atomic E-state index is 0. The number of aromatic nitrogens is 4. The molecule has 170 valence electrons. The van der Waals surface area contributed by atoms with E-state index in [-0.39, 0.29) is 37.4 Å². The number of halogens is 2. The minimum Gasteiger partial charge on any atom is -0.490 e. The van der Waals surface area contributed by atoms with Crippen LogP contribution in [0.1, 0.15) is 12.5 Å². The zero-order valence-corrected chi connectivity index (χ0v) is 18.9. The Morgan fingerprint density at radius 1 is 0.968 bits per heavy atom. The maximum Gasteiger partial charge on any atom is 0.346 e. The van der Waals surface area contributed by atoms with Crippen LogP contribution in [-0.4, -0.2) is 58.2 Å². The molecule has 3 N–H and O–H groups in total. The van der Waals surface area contributed by atoms with Gasteiger partial charge in [0.15, 0.2) is 11.5 Å². The fourth-order valence-corrected chi connectivity index (χ4v) is 2.70. The highest BCUT2D eigenvalue weighted by molar-refractivity contribution is 5.85. The summed E-state index contributed by atoms with van der Waals surface area (Å²) >= 11 is 0. The molecule has 0 fully saturated rings. The van der Waals surface area contributed by atoms with Crippen molar-refractivity contribution in [1.29, 1.82) is 0 Å². The van der Waals surface area contributed by atoms with Gasteiger partial charge >= 0.3 is 6.01 Å². The van der Waals surface area contributed by atoms with Crippen LogP contribution in [0.25, 0.3) is 5.69 Å². The summed E-state index contributed by atoms with van der Waals surface area (Å²) in [6, 6.07) is 15.6. The van der Waals surface area contributed by atoms with Gasteiger partial charge in [-0.05, 0) is 47.2 Å². The Hall–Kier alpha value is -2.43. The molecule has 11 heteroatoms. The maximum absolute atomic E-state index is 8.76. The van der Waals surface area contributed by atoms with Gasteiger partial charge in [-0.1, -0.05) is 29.4 Å². The summed E-state index contributed by atoms with van der Waals surface area (Å²) in [7, 11) is 0. The average molecular weight is 471 g/mol. The lowest BCUT2D eigenvalue weighted by Gasteiger charge is -2.13. The molecule has 3 rings (SSSR count). The summed E-state index contributed by atoms with van der Waals surface area (Å²) in [6.45, 7) is 5.48. The maximum atomic E-state index is 8.76. The molecule has 0 saturated carbocycles. The molecule has 0 spiro atoms. The number of aliphatic hydroxyl groups is 1. The van der Waals surface area contributed by atoms with Gasteiger partial charge in [-0.2, -0.15) is 4.68 Å². The van der Waals surface area contributed by atoms with Crippen LogP contribution in [0.5, 0.6) is 17.5 Å². The lowest BCUT2D eigenvalue weighted by molar-refractivity contribution is 0.292. The largest absolute Gasteiger partial charge is 0.490 e. The van der Waals surface area contributed by atoms with Gasteiger partial charge in [0.2, 0.25) is 0 Å². The molecule has 1 aromatic heterocycles. The van der Waals surface area contributed by atoms with Crippen molar-refractivity contribution >= 4 is 24.8 Å². The molecule has 1 heterocycles. The van der Waals surface area contributed by atoms with E-state index in [0.717, 1.165) is 24.3 Å². The monoisotopic (exact) mass is 470 g/mol. The van der Waals surface area contributed by atoms with Crippen molar-refractivity contribution in [1.82, 2.24) is 30.8 Å². The van der Waals surface area contributed by atoms with Crippen molar-refractivity contribution in [3.8, 4) is 23.2 Å². The second-order valence-electron chi connectivity index (χ2n) is 6.18. The number of nitrogens with zero attached hydrogens (tertiary/aromatic N) is 4. The summed E-state index contributed by atoms with van der Waals surface area (Å²) in [4.78, 5) is 0. The Bertz CT molecular complexity index is 882. The number of benzene rings is 2. The Morgan fingerprint density at radius 3 is 2.48 bits per heavy atom. The molecule has 0 atom stereocenters. The minimum atomic E-state index is 0. The Morgan fingerprint density at radius 2 is 1.74 bits per heavy atom. The summed E-state index contributed by atoms with van der Waals surface area (Å²) < 4.78 is 13.3. The topological polar surface area (TPSA) is 106 Å². The Kier molecular flexibility index (Phi) is 12.5. The summed E-state index contributed by atoms with van der Waals surface area (Å²) in [5.41, 5.74) is 1.88. The number of hydrogen-bond donors (Lipinski definition) is 3. The van der Waals surface area contributed by atoms with E-state index in [9.17, 15) is 0 Å². The molecule has 0 unspecified atom stereocenters. The smallest absolute Gasteiger partial charge is 0.346 e. The van der Waals surface area contributed by atoms with Gasteiger partial charge in [-0.25, -0.2) is 0 Å². The van der Waals surface area contributed by atoms with E-state index in [4.69, 9.17) is 14.6 Å². The number of rotatable bonds is 12. The number of para-hydroxylation sites is 1. The number of ether oxygens (including phenoxy) is 2. The fraction of sp³-hybridized carbons (Fsp3) is 0.350. The SMILES string of the molecule is CCOc1cc(CNCCNCCO)ccc1Oc1nnnn1-c1ccccc1.Cl.Cl. The zero-order valence-electron chi connectivity index (χ0n) is 17.2. The molecular formula is C20H28Cl2N6O3. The van der Waals surface area contributed by atoms with Crippen molar-refractivity contribution < 1.29 is 14.6 Å². The summed E-state index contributed by atoms with van der Waals surface area (Å²) in [6.07, 6.45) is 0. The fourth-order valence-electron chi connectivity index (χ4n) is 2.70. The molecule has 0 amide bonds. The molecule has 9 nitrogen and oxygen atoms in total. The summed E-state index contributed by atoms with van der Waals surface area (Å²) in [5.74, 6) is 1.18. The Labute approximate surface area is 194 Å². The molecule has 0 saturated heterocycles. The van der Waals surface area contributed by atoms with Gasteiger partial charge in [0, 0.05) is 26.2 Å². The standard InChI is InChI=1S/C20H26N6O3.2ClH/c1-2-28-19-14-16(15-22-11-10-21-12-13-27)8-9-18(19)29-20-23-24-25-26(20)17-6-4-3-5-7-17;;/h3-9,14,21-22,27H,2,10-13,15H2,1H3;2*1H. The molecule has 0 aliphatic carbocycles. The molecule has 0 bridgehead atoms. The molecular weight excluding hydrogens is 443 g/mol. The van der Waals surface area contributed by atoms with Crippen LogP contribution in [0.4, 0.5) is 0 Å². The van der Waals surface area contributed by atoms with Crippen LogP contribution in [0.2, 0.25) is 0 Å². The van der Waals surface area contributed by atoms with E-state index in [1.165, 1.54) is 4.68 Å². The molecule has 31 heavy (non-hydrogen) atoms. The highest BCUT2D eigenvalue weighted by atomic mass is 35.5. The normalized spacial score (nSPS) is 10.1. The highest BCUT2D eigenvalue weighted by Crippen LogP contribution is 2.32. The first-order chi connectivity index (χ1) is 14.3. The van der Waals surface area contributed by atoms with Crippen molar-refractivity contribution in [3.05, 3.63) is 54.1 Å². The van der Waals surface area contributed by atoms with Crippen LogP contribution in [0.3, 0.4) is 0 Å². The second-order valence-corrected chi connectivity index (χ2v) is 6.18. The van der Waals surface area contributed by atoms with Crippen molar-refractivity contribution in [2.75, 3.05) is 32.8 Å². The predicted molar refractivity (Wildman–Crippen MR) is 123 cm³/mol. The number of hydrogen-bond acceptors (Lipinski definition) is 8. The number of tetrazole rings is 1. The molecule has 2 aromatic carbocycles. The Balaban J connectivity index is 0.00000240. The van der Waals surface area contributed by atoms with Gasteiger partial charge in [0.1, 0.15) is 0 Å². The van der Waals surface area contributed by atoms with Crippen LogP contribution < -0.4 is 20.1 Å². The first kappa shape index (κ1) is 26.6. The van der Waals surface area contributed by atoms with Gasteiger partial charge in [0.25, 0.3) is 0 Å². The molecule has 0 aliphatic heterocycles. The molecule has 0 radical (unpaired) electrons. The summed E-state index contributed by atoms with van der Waals surface area (Å²) in [5, 5.41) is 26.9. The van der Waals surface area contributed by atoms with Gasteiger partial charge < -0.3 is 25.2 Å². The number of aliphatic hydroxyl groups excluding tert-OH is 1. The first-order valence-corrected chi connectivity index (χ1v) is 9.61. The van der Waals surface area contributed by atoms with E-state index in [1.54, 1.807) is 0 Å². The quantitative estimate of drug-likeness (QED) is 0.346. The van der Waals surface area contributed by atoms with E-state index in [2.05, 4.69) is 26.2 Å².